The number of carbonyl (C=O) groups is 1. The summed E-state index contributed by atoms with van der Waals surface area (Å²) in [5.41, 5.74) is 2.35. The molecule has 0 bridgehead atoms. The van der Waals surface area contributed by atoms with E-state index in [1.807, 2.05) is 36.4 Å². The number of hydrogen-bond donors (Lipinski definition) is 1. The molecule has 0 aliphatic heterocycles. The van der Waals surface area contributed by atoms with E-state index >= 15 is 0 Å². The average molecular weight is 401 g/mol. The Morgan fingerprint density at radius 3 is 2.78 bits per heavy atom. The summed E-state index contributed by atoms with van der Waals surface area (Å²) in [6, 6.07) is 14.6. The monoisotopic (exact) mass is 400 g/mol. The van der Waals surface area contributed by atoms with Crippen molar-refractivity contribution in [1.82, 2.24) is 24.8 Å². The maximum atomic E-state index is 12.5. The molecule has 7 nitrogen and oxygen atoms in total. The van der Waals surface area contributed by atoms with E-state index in [1.54, 1.807) is 27.7 Å². The highest BCUT2D eigenvalue weighted by molar-refractivity contribution is 6.42. The molecule has 2 aromatic heterocycles. The van der Waals surface area contributed by atoms with Gasteiger partial charge >= 0.3 is 0 Å². The van der Waals surface area contributed by atoms with Crippen LogP contribution in [-0.4, -0.2) is 30.7 Å². The molecule has 27 heavy (non-hydrogen) atoms. The molecule has 1 amide bonds. The number of anilines is 1. The fourth-order valence-corrected chi connectivity index (χ4v) is 3.13. The normalized spacial score (nSPS) is 11.0. The van der Waals surface area contributed by atoms with E-state index in [4.69, 9.17) is 23.2 Å². The Morgan fingerprint density at radius 1 is 1.04 bits per heavy atom. The smallest absolute Gasteiger partial charge is 0.247 e. The zero-order valence-corrected chi connectivity index (χ0v) is 15.5. The molecule has 0 fully saturated rings. The highest BCUT2D eigenvalue weighted by atomic mass is 35.5. The van der Waals surface area contributed by atoms with Gasteiger partial charge in [-0.3, -0.25) is 4.79 Å². The molecule has 9 heteroatoms. The van der Waals surface area contributed by atoms with Crippen LogP contribution in [0.2, 0.25) is 10.0 Å². The lowest BCUT2D eigenvalue weighted by atomic mass is 10.2. The Kier molecular flexibility index (Phi) is 4.79. The Balaban J connectivity index is 1.49. The van der Waals surface area contributed by atoms with Crippen LogP contribution in [-0.2, 0) is 17.9 Å². The summed E-state index contributed by atoms with van der Waals surface area (Å²) in [6.07, 6.45) is 1.61. The summed E-state index contributed by atoms with van der Waals surface area (Å²) in [4.78, 5) is 12.5. The quantitative estimate of drug-likeness (QED) is 0.554. The zero-order valence-electron chi connectivity index (χ0n) is 14.0. The summed E-state index contributed by atoms with van der Waals surface area (Å²) in [5.74, 6) is 0.324. The van der Waals surface area contributed by atoms with Crippen molar-refractivity contribution >= 4 is 46.0 Å². The molecule has 0 saturated heterocycles. The van der Waals surface area contributed by atoms with E-state index in [-0.39, 0.29) is 12.5 Å². The third-order valence-corrected chi connectivity index (χ3v) is 4.91. The summed E-state index contributed by atoms with van der Waals surface area (Å²) in [5, 5.41) is 16.1. The number of halogens is 2. The second-order valence-corrected chi connectivity index (χ2v) is 6.66. The van der Waals surface area contributed by atoms with Gasteiger partial charge in [0, 0.05) is 6.07 Å². The second kappa shape index (κ2) is 7.38. The van der Waals surface area contributed by atoms with Gasteiger partial charge in [-0.1, -0.05) is 52.7 Å². The molecule has 2 heterocycles. The van der Waals surface area contributed by atoms with Crippen LogP contribution < -0.4 is 5.32 Å². The first-order valence-electron chi connectivity index (χ1n) is 8.14. The van der Waals surface area contributed by atoms with Crippen molar-refractivity contribution in [2.75, 3.05) is 5.32 Å². The van der Waals surface area contributed by atoms with Gasteiger partial charge in [-0.05, 0) is 23.8 Å². The lowest BCUT2D eigenvalue weighted by Gasteiger charge is -2.11. The van der Waals surface area contributed by atoms with Crippen LogP contribution in [0.15, 0.2) is 54.7 Å². The number of fused-ring (bicyclic) bond motifs is 1. The summed E-state index contributed by atoms with van der Waals surface area (Å²) >= 11 is 12.3. The number of amides is 1. The van der Waals surface area contributed by atoms with Gasteiger partial charge in [0.2, 0.25) is 5.91 Å². The number of nitrogens with zero attached hydrogens (tertiary/aromatic N) is 5. The van der Waals surface area contributed by atoms with Crippen LogP contribution in [0.4, 0.5) is 5.82 Å². The largest absolute Gasteiger partial charge is 0.309 e. The third-order valence-electron chi connectivity index (χ3n) is 4.05. The van der Waals surface area contributed by atoms with Crippen LogP contribution in [0.1, 0.15) is 5.56 Å². The maximum absolute atomic E-state index is 12.5. The zero-order chi connectivity index (χ0) is 18.8. The molecule has 1 N–H and O–H groups in total. The van der Waals surface area contributed by atoms with Crippen molar-refractivity contribution in [1.29, 1.82) is 0 Å². The fraction of sp³-hybridized carbons (Fsp3) is 0.111. The summed E-state index contributed by atoms with van der Waals surface area (Å²) in [7, 11) is 0. The van der Waals surface area contributed by atoms with Gasteiger partial charge in [-0.15, -0.1) is 5.10 Å². The Labute approximate surface area is 164 Å². The van der Waals surface area contributed by atoms with Gasteiger partial charge in [-0.2, -0.15) is 5.10 Å². The first kappa shape index (κ1) is 17.5. The minimum Gasteiger partial charge on any atom is -0.309 e. The highest BCUT2D eigenvalue weighted by Crippen LogP contribution is 2.26. The van der Waals surface area contributed by atoms with Crippen LogP contribution in [0, 0.1) is 0 Å². The number of nitrogens with one attached hydrogen (secondary N) is 1. The maximum Gasteiger partial charge on any atom is 0.247 e. The molecule has 0 atom stereocenters. The molecule has 4 aromatic rings. The molecule has 0 saturated carbocycles. The average Bonchev–Trinajstić information content (AvgIpc) is 3.26. The van der Waals surface area contributed by atoms with E-state index in [0.29, 0.717) is 22.4 Å². The lowest BCUT2D eigenvalue weighted by molar-refractivity contribution is -0.116. The first-order chi connectivity index (χ1) is 13.1. The molecule has 0 aliphatic carbocycles. The first-order valence-corrected chi connectivity index (χ1v) is 8.90. The molecule has 136 valence electrons. The van der Waals surface area contributed by atoms with Gasteiger partial charge < -0.3 is 5.32 Å². The Bertz CT molecular complexity index is 1120. The van der Waals surface area contributed by atoms with E-state index in [0.717, 1.165) is 16.6 Å². The molecule has 0 radical (unpaired) electrons. The molecule has 0 unspecified atom stereocenters. The van der Waals surface area contributed by atoms with Crippen LogP contribution in [0.5, 0.6) is 0 Å². The molecule has 0 spiro atoms. The molecule has 0 aliphatic rings. The lowest BCUT2D eigenvalue weighted by Crippen LogP contribution is -2.21. The highest BCUT2D eigenvalue weighted by Gasteiger charge is 2.13. The van der Waals surface area contributed by atoms with E-state index in [1.165, 1.54) is 0 Å². The molecule has 2 aromatic carbocycles. The minimum atomic E-state index is -0.232. The van der Waals surface area contributed by atoms with Crippen molar-refractivity contribution in [2.24, 2.45) is 0 Å². The number of benzene rings is 2. The van der Waals surface area contributed by atoms with Crippen LogP contribution in [0.3, 0.4) is 0 Å². The van der Waals surface area contributed by atoms with Gasteiger partial charge in [0.1, 0.15) is 17.9 Å². The SMILES string of the molecule is O=C(Cn1nnc2ccccc21)Nc1ccnn1Cc1cccc(Cl)c1Cl. The second-order valence-electron chi connectivity index (χ2n) is 5.87. The van der Waals surface area contributed by atoms with Gasteiger partial charge in [0.05, 0.1) is 28.3 Å². The van der Waals surface area contributed by atoms with Gasteiger partial charge in [0.15, 0.2) is 0 Å². The number of para-hydroxylation sites is 1. The van der Waals surface area contributed by atoms with Crippen LogP contribution >= 0.6 is 23.2 Å². The van der Waals surface area contributed by atoms with E-state index < -0.39 is 0 Å². The van der Waals surface area contributed by atoms with Crippen molar-refractivity contribution in [2.45, 2.75) is 13.1 Å². The number of rotatable bonds is 5. The van der Waals surface area contributed by atoms with E-state index in [9.17, 15) is 4.79 Å². The molecule has 4 rings (SSSR count). The van der Waals surface area contributed by atoms with E-state index in [2.05, 4.69) is 20.7 Å². The third kappa shape index (κ3) is 3.65. The Hall–Kier alpha value is -2.90. The number of hydrogen-bond acceptors (Lipinski definition) is 4. The van der Waals surface area contributed by atoms with Crippen molar-refractivity contribution in [3.63, 3.8) is 0 Å². The summed E-state index contributed by atoms with van der Waals surface area (Å²) < 4.78 is 3.20. The fourth-order valence-electron chi connectivity index (χ4n) is 2.75. The molecular formula is C18H14Cl2N6O. The van der Waals surface area contributed by atoms with Gasteiger partial charge in [-0.25, -0.2) is 9.36 Å². The topological polar surface area (TPSA) is 77.6 Å². The predicted molar refractivity (Wildman–Crippen MR) is 104 cm³/mol. The molecular weight excluding hydrogens is 387 g/mol. The number of aromatic nitrogens is 5. The van der Waals surface area contributed by atoms with Crippen molar-refractivity contribution in [3.8, 4) is 0 Å². The summed E-state index contributed by atoms with van der Waals surface area (Å²) in [6.45, 7) is 0.428. The predicted octanol–water partition coefficient (Wildman–Crippen LogP) is 3.62. The van der Waals surface area contributed by atoms with Crippen molar-refractivity contribution < 1.29 is 4.79 Å². The van der Waals surface area contributed by atoms with Crippen LogP contribution in [0.25, 0.3) is 11.0 Å². The van der Waals surface area contributed by atoms with Gasteiger partial charge in [0.25, 0.3) is 0 Å². The van der Waals surface area contributed by atoms with Crippen molar-refractivity contribution in [3.05, 3.63) is 70.3 Å². The standard InChI is InChI=1S/C18H14Cl2N6O/c19-13-5-3-4-12(18(13)20)10-26-16(8-9-21-26)22-17(27)11-25-15-7-2-1-6-14(15)23-24-25/h1-9H,10-11H2,(H,22,27). The Morgan fingerprint density at radius 2 is 1.89 bits per heavy atom. The minimum absolute atomic E-state index is 0.0453. The number of carbonyl (C=O) groups excluding carboxylic acids is 1.